The molecule has 1 N–H and O–H groups in total. The van der Waals surface area contributed by atoms with E-state index in [2.05, 4.69) is 52.7 Å². The molecular weight excluding hydrogens is 280 g/mol. The summed E-state index contributed by atoms with van der Waals surface area (Å²) in [5.74, 6) is 1.54. The molecule has 3 aliphatic rings. The van der Waals surface area contributed by atoms with Crippen LogP contribution in [0, 0.1) is 5.92 Å². The molecule has 0 spiro atoms. The smallest absolute Gasteiger partial charge is 0.0435 e. The third-order valence-corrected chi connectivity index (χ3v) is 6.00. The predicted molar refractivity (Wildman–Crippen MR) is 96.1 cm³/mol. The Balaban J connectivity index is 1.68. The minimum atomic E-state index is 0.704. The Morgan fingerprint density at radius 2 is 1.96 bits per heavy atom. The van der Waals surface area contributed by atoms with Gasteiger partial charge in [0.15, 0.2) is 0 Å². The molecule has 0 aromatic heterocycles. The van der Waals surface area contributed by atoms with Crippen LogP contribution < -0.4 is 10.2 Å². The summed E-state index contributed by atoms with van der Waals surface area (Å²) in [6, 6.07) is 15.8. The summed E-state index contributed by atoms with van der Waals surface area (Å²) in [4.78, 5) is 2.69. The summed E-state index contributed by atoms with van der Waals surface area (Å²) < 4.78 is 0. The van der Waals surface area contributed by atoms with Gasteiger partial charge in [-0.05, 0) is 66.1 Å². The van der Waals surface area contributed by atoms with Crippen molar-refractivity contribution in [3.8, 4) is 11.1 Å². The zero-order valence-electron chi connectivity index (χ0n) is 13.6. The predicted octanol–water partition coefficient (Wildman–Crippen LogP) is 3.81. The van der Waals surface area contributed by atoms with Gasteiger partial charge in [-0.2, -0.15) is 0 Å². The molecule has 2 aromatic carbocycles. The second-order valence-electron chi connectivity index (χ2n) is 7.35. The molecule has 1 unspecified atom stereocenters. The van der Waals surface area contributed by atoms with E-state index >= 15 is 0 Å². The van der Waals surface area contributed by atoms with E-state index in [1.807, 2.05) is 0 Å². The Labute approximate surface area is 138 Å². The molecule has 118 valence electrons. The molecule has 5 rings (SSSR count). The normalized spacial score (nSPS) is 25.7. The van der Waals surface area contributed by atoms with Gasteiger partial charge >= 0.3 is 0 Å². The van der Waals surface area contributed by atoms with Crippen LogP contribution in [0.5, 0.6) is 0 Å². The molecular formula is C21H24N2. The van der Waals surface area contributed by atoms with Crippen molar-refractivity contribution in [3.63, 3.8) is 0 Å². The van der Waals surface area contributed by atoms with Gasteiger partial charge in [0.25, 0.3) is 0 Å². The number of hydrogen-bond acceptors (Lipinski definition) is 2. The van der Waals surface area contributed by atoms with E-state index in [0.29, 0.717) is 5.92 Å². The number of fused-ring (bicyclic) bond motifs is 2. The summed E-state index contributed by atoms with van der Waals surface area (Å²) in [6.45, 7) is 4.87. The fourth-order valence-corrected chi connectivity index (χ4v) is 4.91. The molecule has 3 heterocycles. The lowest BCUT2D eigenvalue weighted by molar-refractivity contribution is 0.309. The molecule has 2 heteroatoms. The van der Waals surface area contributed by atoms with Crippen LogP contribution >= 0.6 is 0 Å². The van der Waals surface area contributed by atoms with E-state index in [1.54, 1.807) is 16.8 Å². The maximum Gasteiger partial charge on any atom is 0.0435 e. The van der Waals surface area contributed by atoms with Crippen LogP contribution in [0.25, 0.3) is 11.1 Å². The molecule has 0 aliphatic carbocycles. The fourth-order valence-electron chi connectivity index (χ4n) is 4.91. The average Bonchev–Trinajstić information content (AvgIpc) is 2.62. The van der Waals surface area contributed by atoms with E-state index in [0.717, 1.165) is 12.5 Å². The molecule has 23 heavy (non-hydrogen) atoms. The van der Waals surface area contributed by atoms with Gasteiger partial charge in [-0.25, -0.2) is 0 Å². The van der Waals surface area contributed by atoms with Crippen molar-refractivity contribution in [1.29, 1.82) is 0 Å². The van der Waals surface area contributed by atoms with Crippen molar-refractivity contribution in [2.24, 2.45) is 5.92 Å². The first kappa shape index (κ1) is 13.6. The number of anilines is 1. The summed E-state index contributed by atoms with van der Waals surface area (Å²) in [7, 11) is 0. The quantitative estimate of drug-likeness (QED) is 0.862. The topological polar surface area (TPSA) is 15.3 Å². The first-order valence-electron chi connectivity index (χ1n) is 9.08. The van der Waals surface area contributed by atoms with Crippen molar-refractivity contribution in [1.82, 2.24) is 5.32 Å². The van der Waals surface area contributed by atoms with Gasteiger partial charge in [0.1, 0.15) is 0 Å². The lowest BCUT2D eigenvalue weighted by Crippen LogP contribution is -2.47. The van der Waals surface area contributed by atoms with Crippen LogP contribution in [-0.2, 0) is 6.42 Å². The molecule has 0 amide bonds. The standard InChI is InChI=1S/C21H24N2/c1-2-5-15(6-3-1)18-11-16-7-4-10-23-14-17-8-9-22-13-20(17)19(12-18)21(16)23/h1-3,5-6,11-12,17,20,22H,4,7-10,13-14H2/t17?,20-/m1/s1. The maximum atomic E-state index is 3.64. The Kier molecular flexibility index (Phi) is 3.19. The first-order chi connectivity index (χ1) is 11.4. The molecule has 0 radical (unpaired) electrons. The molecule has 2 aromatic rings. The lowest BCUT2D eigenvalue weighted by atomic mass is 9.74. The van der Waals surface area contributed by atoms with E-state index in [1.165, 1.54) is 50.0 Å². The molecule has 0 bridgehead atoms. The Morgan fingerprint density at radius 1 is 1.04 bits per heavy atom. The van der Waals surface area contributed by atoms with Crippen molar-refractivity contribution in [3.05, 3.63) is 53.6 Å². The average molecular weight is 304 g/mol. The van der Waals surface area contributed by atoms with Gasteiger partial charge < -0.3 is 10.2 Å². The second kappa shape index (κ2) is 5.38. The summed E-state index contributed by atoms with van der Waals surface area (Å²) >= 11 is 0. The number of nitrogens with zero attached hydrogens (tertiary/aromatic N) is 1. The highest BCUT2D eigenvalue weighted by atomic mass is 15.2. The van der Waals surface area contributed by atoms with Crippen molar-refractivity contribution in [2.45, 2.75) is 25.2 Å². The highest BCUT2D eigenvalue weighted by Gasteiger charge is 2.37. The number of aryl methyl sites for hydroxylation is 1. The van der Waals surface area contributed by atoms with E-state index in [4.69, 9.17) is 0 Å². The van der Waals surface area contributed by atoms with Crippen molar-refractivity contribution in [2.75, 3.05) is 31.1 Å². The van der Waals surface area contributed by atoms with Gasteiger partial charge in [-0.1, -0.05) is 30.3 Å². The van der Waals surface area contributed by atoms with Crippen LogP contribution in [0.4, 0.5) is 5.69 Å². The molecule has 1 saturated heterocycles. The zero-order valence-corrected chi connectivity index (χ0v) is 13.6. The van der Waals surface area contributed by atoms with Gasteiger partial charge in [-0.15, -0.1) is 0 Å². The number of piperidine rings is 1. The van der Waals surface area contributed by atoms with Gasteiger partial charge in [0.05, 0.1) is 0 Å². The van der Waals surface area contributed by atoms with E-state index in [9.17, 15) is 0 Å². The van der Waals surface area contributed by atoms with Crippen molar-refractivity contribution >= 4 is 5.69 Å². The summed E-state index contributed by atoms with van der Waals surface area (Å²) in [5, 5.41) is 3.64. The largest absolute Gasteiger partial charge is 0.371 e. The number of rotatable bonds is 1. The molecule has 3 aliphatic heterocycles. The van der Waals surface area contributed by atoms with E-state index < -0.39 is 0 Å². The Morgan fingerprint density at radius 3 is 2.87 bits per heavy atom. The van der Waals surface area contributed by atoms with Crippen LogP contribution in [0.2, 0.25) is 0 Å². The number of hydrogen-bond donors (Lipinski definition) is 1. The highest BCUT2D eigenvalue weighted by Crippen LogP contribution is 2.46. The monoisotopic (exact) mass is 304 g/mol. The number of benzene rings is 2. The lowest BCUT2D eigenvalue weighted by Gasteiger charge is -2.46. The molecule has 0 saturated carbocycles. The zero-order chi connectivity index (χ0) is 15.2. The maximum absolute atomic E-state index is 3.64. The Bertz CT molecular complexity index is 722. The fraction of sp³-hybridized carbons (Fsp3) is 0.429. The summed E-state index contributed by atoms with van der Waals surface area (Å²) in [5.41, 5.74) is 7.55. The third-order valence-electron chi connectivity index (χ3n) is 6.00. The van der Waals surface area contributed by atoms with Gasteiger partial charge in [0.2, 0.25) is 0 Å². The SMILES string of the molecule is c1ccc(-c2cc3c4c(c2)[C@@H]2CNCCC2CN4CCC3)cc1. The molecule has 1 fully saturated rings. The number of nitrogens with one attached hydrogen (secondary N) is 1. The Hall–Kier alpha value is -1.80. The second-order valence-corrected chi connectivity index (χ2v) is 7.35. The highest BCUT2D eigenvalue weighted by molar-refractivity contribution is 5.74. The van der Waals surface area contributed by atoms with E-state index in [-0.39, 0.29) is 0 Å². The third kappa shape index (κ3) is 2.20. The van der Waals surface area contributed by atoms with Crippen LogP contribution in [0.1, 0.15) is 29.9 Å². The minimum Gasteiger partial charge on any atom is -0.371 e. The molecule has 2 atom stereocenters. The summed E-state index contributed by atoms with van der Waals surface area (Å²) in [6.07, 6.45) is 3.87. The minimum absolute atomic E-state index is 0.704. The van der Waals surface area contributed by atoms with Crippen LogP contribution in [-0.4, -0.2) is 26.2 Å². The van der Waals surface area contributed by atoms with Crippen molar-refractivity contribution < 1.29 is 0 Å². The van der Waals surface area contributed by atoms with Crippen LogP contribution in [0.3, 0.4) is 0 Å². The first-order valence-corrected chi connectivity index (χ1v) is 9.08. The van der Waals surface area contributed by atoms with Gasteiger partial charge in [0, 0.05) is 31.2 Å². The van der Waals surface area contributed by atoms with Crippen LogP contribution in [0.15, 0.2) is 42.5 Å². The van der Waals surface area contributed by atoms with Gasteiger partial charge in [-0.3, -0.25) is 0 Å². The molecule has 2 nitrogen and oxygen atoms in total.